The topological polar surface area (TPSA) is 54.0 Å². The SMILES string of the molecule is O=C(Nc1ccnc(Cl)c1)C1CNC1. The number of aromatic nitrogens is 1. The Morgan fingerprint density at radius 2 is 2.43 bits per heavy atom. The van der Waals surface area contributed by atoms with Gasteiger partial charge >= 0.3 is 0 Å². The van der Waals surface area contributed by atoms with Crippen LogP contribution in [0.1, 0.15) is 0 Å². The molecule has 0 aromatic carbocycles. The van der Waals surface area contributed by atoms with E-state index < -0.39 is 0 Å². The van der Waals surface area contributed by atoms with E-state index in [2.05, 4.69) is 15.6 Å². The molecule has 14 heavy (non-hydrogen) atoms. The second-order valence-corrected chi connectivity index (χ2v) is 3.60. The van der Waals surface area contributed by atoms with E-state index in [1.165, 1.54) is 0 Å². The lowest BCUT2D eigenvalue weighted by Gasteiger charge is -2.25. The molecule has 0 atom stereocenters. The number of pyridine rings is 1. The lowest BCUT2D eigenvalue weighted by atomic mass is 10.0. The average Bonchev–Trinajstić information content (AvgIpc) is 1.99. The minimum absolute atomic E-state index is 0.0333. The normalized spacial score (nSPS) is 16.1. The number of nitrogens with one attached hydrogen (secondary N) is 2. The van der Waals surface area contributed by atoms with Gasteiger partial charge in [0.2, 0.25) is 5.91 Å². The maximum absolute atomic E-state index is 11.5. The number of hydrogen-bond acceptors (Lipinski definition) is 3. The van der Waals surface area contributed by atoms with Crippen molar-refractivity contribution >= 4 is 23.2 Å². The van der Waals surface area contributed by atoms with Gasteiger partial charge in [-0.05, 0) is 12.1 Å². The molecule has 2 heterocycles. The van der Waals surface area contributed by atoms with E-state index in [4.69, 9.17) is 11.6 Å². The first-order valence-electron chi connectivity index (χ1n) is 4.39. The molecule has 1 saturated heterocycles. The van der Waals surface area contributed by atoms with Crippen LogP contribution < -0.4 is 10.6 Å². The second-order valence-electron chi connectivity index (χ2n) is 3.21. The van der Waals surface area contributed by atoms with E-state index in [0.717, 1.165) is 13.1 Å². The molecule has 0 saturated carbocycles. The summed E-state index contributed by atoms with van der Waals surface area (Å²) < 4.78 is 0. The summed E-state index contributed by atoms with van der Waals surface area (Å²) in [6.45, 7) is 1.51. The highest BCUT2D eigenvalue weighted by Gasteiger charge is 2.24. The van der Waals surface area contributed by atoms with Gasteiger partial charge in [0.15, 0.2) is 0 Å². The first kappa shape index (κ1) is 9.43. The van der Waals surface area contributed by atoms with Crippen molar-refractivity contribution in [1.29, 1.82) is 0 Å². The van der Waals surface area contributed by atoms with Crippen LogP contribution in [-0.2, 0) is 4.79 Å². The number of anilines is 1. The average molecular weight is 212 g/mol. The number of rotatable bonds is 2. The lowest BCUT2D eigenvalue weighted by Crippen LogP contribution is -2.48. The van der Waals surface area contributed by atoms with Crippen molar-refractivity contribution in [2.24, 2.45) is 5.92 Å². The van der Waals surface area contributed by atoms with Gasteiger partial charge in [0.25, 0.3) is 0 Å². The van der Waals surface area contributed by atoms with Gasteiger partial charge in [-0.25, -0.2) is 4.98 Å². The molecular formula is C9H10ClN3O. The lowest BCUT2D eigenvalue weighted by molar-refractivity contribution is -0.121. The zero-order chi connectivity index (χ0) is 9.97. The fourth-order valence-electron chi connectivity index (χ4n) is 1.20. The van der Waals surface area contributed by atoms with Gasteiger partial charge in [-0.3, -0.25) is 4.79 Å². The van der Waals surface area contributed by atoms with Gasteiger partial charge in [-0.2, -0.15) is 0 Å². The van der Waals surface area contributed by atoms with E-state index >= 15 is 0 Å². The first-order valence-corrected chi connectivity index (χ1v) is 4.76. The van der Waals surface area contributed by atoms with E-state index in [1.54, 1.807) is 18.3 Å². The third-order valence-electron chi connectivity index (χ3n) is 2.15. The molecule has 1 fully saturated rings. The molecule has 1 amide bonds. The van der Waals surface area contributed by atoms with Crippen molar-refractivity contribution in [3.8, 4) is 0 Å². The van der Waals surface area contributed by atoms with Crippen LogP contribution in [0.15, 0.2) is 18.3 Å². The summed E-state index contributed by atoms with van der Waals surface area (Å²) in [6.07, 6.45) is 1.57. The molecule has 1 aromatic heterocycles. The van der Waals surface area contributed by atoms with Crippen LogP contribution in [0.2, 0.25) is 5.15 Å². The molecule has 1 aromatic rings. The highest BCUT2D eigenvalue weighted by molar-refractivity contribution is 6.29. The van der Waals surface area contributed by atoms with Crippen molar-refractivity contribution in [2.75, 3.05) is 18.4 Å². The van der Waals surface area contributed by atoms with Crippen LogP contribution in [0.25, 0.3) is 0 Å². The molecule has 0 aliphatic carbocycles. The molecule has 1 aliphatic heterocycles. The van der Waals surface area contributed by atoms with Crippen LogP contribution in [0, 0.1) is 5.92 Å². The monoisotopic (exact) mass is 211 g/mol. The van der Waals surface area contributed by atoms with Crippen molar-refractivity contribution in [1.82, 2.24) is 10.3 Å². The molecule has 0 unspecified atom stereocenters. The minimum atomic E-state index is 0.0333. The molecule has 4 nitrogen and oxygen atoms in total. The largest absolute Gasteiger partial charge is 0.326 e. The number of halogens is 1. The fraction of sp³-hybridized carbons (Fsp3) is 0.333. The standard InChI is InChI=1S/C9H10ClN3O/c10-8-3-7(1-2-12-8)13-9(14)6-4-11-5-6/h1-3,6,11H,4-5H2,(H,12,13,14). The summed E-state index contributed by atoms with van der Waals surface area (Å²) in [4.78, 5) is 15.3. The van der Waals surface area contributed by atoms with E-state index in [1.807, 2.05) is 0 Å². The maximum atomic E-state index is 11.5. The summed E-state index contributed by atoms with van der Waals surface area (Å²) in [5.74, 6) is 0.118. The first-order chi connectivity index (χ1) is 6.75. The second kappa shape index (κ2) is 3.94. The van der Waals surface area contributed by atoms with Crippen LogP contribution in [0.4, 0.5) is 5.69 Å². The van der Waals surface area contributed by atoms with Gasteiger partial charge in [-0.1, -0.05) is 11.6 Å². The summed E-state index contributed by atoms with van der Waals surface area (Å²) in [5, 5.41) is 6.21. The molecule has 74 valence electrons. The highest BCUT2D eigenvalue weighted by atomic mass is 35.5. The zero-order valence-corrected chi connectivity index (χ0v) is 8.21. The summed E-state index contributed by atoms with van der Waals surface area (Å²) in [7, 11) is 0. The zero-order valence-electron chi connectivity index (χ0n) is 7.46. The van der Waals surface area contributed by atoms with Gasteiger partial charge in [-0.15, -0.1) is 0 Å². The third-order valence-corrected chi connectivity index (χ3v) is 2.35. The quantitative estimate of drug-likeness (QED) is 0.715. The van der Waals surface area contributed by atoms with Crippen LogP contribution in [-0.4, -0.2) is 24.0 Å². The Hall–Kier alpha value is -1.13. The smallest absolute Gasteiger partial charge is 0.230 e. The summed E-state index contributed by atoms with van der Waals surface area (Å²) in [6, 6.07) is 3.35. The van der Waals surface area contributed by atoms with Gasteiger partial charge in [0.1, 0.15) is 5.15 Å². The predicted octanol–water partition coefficient (Wildman–Crippen LogP) is 0.893. The molecule has 5 heteroatoms. The van der Waals surface area contributed by atoms with Crippen molar-refractivity contribution in [2.45, 2.75) is 0 Å². The maximum Gasteiger partial charge on any atom is 0.230 e. The summed E-state index contributed by atoms with van der Waals surface area (Å²) >= 11 is 5.68. The number of hydrogen-bond donors (Lipinski definition) is 2. The van der Waals surface area contributed by atoms with E-state index in [9.17, 15) is 4.79 Å². The van der Waals surface area contributed by atoms with Crippen LogP contribution in [0.5, 0.6) is 0 Å². The Bertz CT molecular complexity index is 352. The number of amides is 1. The van der Waals surface area contributed by atoms with E-state index in [0.29, 0.717) is 10.8 Å². The Kier molecular flexibility index (Phi) is 2.65. The van der Waals surface area contributed by atoms with Crippen LogP contribution >= 0.6 is 11.6 Å². The predicted molar refractivity (Wildman–Crippen MR) is 54.2 cm³/mol. The third kappa shape index (κ3) is 2.02. The highest BCUT2D eigenvalue weighted by Crippen LogP contribution is 2.14. The molecule has 0 bridgehead atoms. The Morgan fingerprint density at radius 1 is 1.64 bits per heavy atom. The van der Waals surface area contributed by atoms with Gasteiger partial charge in [0, 0.05) is 25.0 Å². The van der Waals surface area contributed by atoms with Crippen molar-refractivity contribution in [3.05, 3.63) is 23.5 Å². The molecular weight excluding hydrogens is 202 g/mol. The van der Waals surface area contributed by atoms with Gasteiger partial charge in [0.05, 0.1) is 5.92 Å². The summed E-state index contributed by atoms with van der Waals surface area (Å²) in [5.41, 5.74) is 0.696. The molecule has 2 rings (SSSR count). The van der Waals surface area contributed by atoms with Crippen LogP contribution in [0.3, 0.4) is 0 Å². The molecule has 0 spiro atoms. The van der Waals surface area contributed by atoms with Crippen molar-refractivity contribution in [3.63, 3.8) is 0 Å². The number of carbonyl (C=O) groups is 1. The molecule has 1 aliphatic rings. The molecule has 2 N–H and O–H groups in total. The number of carbonyl (C=O) groups excluding carboxylic acids is 1. The molecule has 0 radical (unpaired) electrons. The Labute approximate surface area is 86.7 Å². The van der Waals surface area contributed by atoms with Gasteiger partial charge < -0.3 is 10.6 Å². The number of nitrogens with zero attached hydrogens (tertiary/aromatic N) is 1. The Balaban J connectivity index is 1.99. The fourth-order valence-corrected chi connectivity index (χ4v) is 1.37. The van der Waals surface area contributed by atoms with Crippen molar-refractivity contribution < 1.29 is 4.79 Å². The van der Waals surface area contributed by atoms with E-state index in [-0.39, 0.29) is 11.8 Å². The minimum Gasteiger partial charge on any atom is -0.326 e. The Morgan fingerprint density at radius 3 is 3.00 bits per heavy atom.